The predicted octanol–water partition coefficient (Wildman–Crippen LogP) is 2.26. The first-order valence-corrected chi connectivity index (χ1v) is 3.62. The van der Waals surface area contributed by atoms with E-state index in [9.17, 15) is 0 Å². The van der Waals surface area contributed by atoms with Gasteiger partial charge < -0.3 is 4.90 Å². The number of benzene rings is 1. The van der Waals surface area contributed by atoms with Gasteiger partial charge in [0.1, 0.15) is 0 Å². The first kappa shape index (κ1) is 6.26. The van der Waals surface area contributed by atoms with E-state index in [0.29, 0.717) is 0 Å². The lowest BCUT2D eigenvalue weighted by molar-refractivity contribution is 1.19. The van der Waals surface area contributed by atoms with Crippen LogP contribution in [0.4, 0.5) is 5.69 Å². The molecular formula is C10H9N. The van der Waals surface area contributed by atoms with Crippen molar-refractivity contribution in [1.82, 2.24) is 0 Å². The van der Waals surface area contributed by atoms with Crippen LogP contribution in [0.3, 0.4) is 0 Å². The molecule has 0 bridgehead atoms. The second-order valence-electron chi connectivity index (χ2n) is 2.61. The van der Waals surface area contributed by atoms with Gasteiger partial charge in [-0.2, -0.15) is 0 Å². The molecule has 54 valence electrons. The highest BCUT2D eigenvalue weighted by atomic mass is 15.1. The molecule has 1 aliphatic heterocycles. The number of nitrogens with zero attached hydrogens (tertiary/aromatic N) is 1. The number of hydrogen-bond acceptors (Lipinski definition) is 1. The Kier molecular flexibility index (Phi) is 1.31. The maximum atomic E-state index is 3.07. The molecule has 0 fully saturated rings. The third kappa shape index (κ3) is 0.957. The Morgan fingerprint density at radius 2 is 2.09 bits per heavy atom. The summed E-state index contributed by atoms with van der Waals surface area (Å²) in [5.41, 5.74) is 5.54. The van der Waals surface area contributed by atoms with Crippen LogP contribution < -0.4 is 4.90 Å². The fourth-order valence-electron chi connectivity index (χ4n) is 1.24. The fraction of sp³-hybridized carbons (Fsp3) is 0.100. The molecule has 0 radical (unpaired) electrons. The van der Waals surface area contributed by atoms with Crippen molar-refractivity contribution in [3.8, 4) is 0 Å². The van der Waals surface area contributed by atoms with Crippen molar-refractivity contribution in [2.45, 2.75) is 0 Å². The molecule has 0 atom stereocenters. The van der Waals surface area contributed by atoms with E-state index < -0.39 is 0 Å². The maximum Gasteiger partial charge on any atom is 0.0488 e. The second-order valence-corrected chi connectivity index (χ2v) is 2.61. The molecule has 0 saturated carbocycles. The zero-order chi connectivity index (χ0) is 7.68. The molecule has 1 heterocycles. The smallest absolute Gasteiger partial charge is 0.0488 e. The molecule has 0 spiro atoms. The Hall–Kier alpha value is -1.46. The number of hydrogen-bond donors (Lipinski definition) is 0. The summed E-state index contributed by atoms with van der Waals surface area (Å²) in [5.74, 6) is 0. The largest absolute Gasteiger partial charge is 0.344 e. The molecule has 0 unspecified atom stereocenters. The van der Waals surface area contributed by atoms with Gasteiger partial charge in [0.2, 0.25) is 0 Å². The standard InChI is InChI=1S/C10H9N/c1-11-8-4-6-9-5-2-3-7-10(9)11/h2-3,5-8H,1H3. The van der Waals surface area contributed by atoms with Crippen LogP contribution in [0.5, 0.6) is 0 Å². The lowest BCUT2D eigenvalue weighted by Crippen LogP contribution is -2.10. The molecule has 1 aromatic carbocycles. The summed E-state index contributed by atoms with van der Waals surface area (Å²) in [4.78, 5) is 2.06. The van der Waals surface area contributed by atoms with E-state index >= 15 is 0 Å². The molecule has 1 aliphatic rings. The molecule has 1 aromatic rings. The van der Waals surface area contributed by atoms with Crippen molar-refractivity contribution >= 4 is 11.8 Å². The number of para-hydroxylation sites is 1. The van der Waals surface area contributed by atoms with Crippen molar-refractivity contribution in [1.29, 1.82) is 0 Å². The zero-order valence-corrected chi connectivity index (χ0v) is 6.41. The third-order valence-corrected chi connectivity index (χ3v) is 1.82. The van der Waals surface area contributed by atoms with Crippen LogP contribution in [0.1, 0.15) is 5.56 Å². The van der Waals surface area contributed by atoms with Gasteiger partial charge >= 0.3 is 0 Å². The predicted molar refractivity (Wildman–Crippen MR) is 47.4 cm³/mol. The zero-order valence-electron chi connectivity index (χ0n) is 6.41. The maximum absolute atomic E-state index is 3.07. The summed E-state index contributed by atoms with van der Waals surface area (Å²) in [6.45, 7) is 0. The summed E-state index contributed by atoms with van der Waals surface area (Å²) >= 11 is 0. The molecule has 0 aliphatic carbocycles. The molecule has 0 amide bonds. The topological polar surface area (TPSA) is 3.24 Å². The van der Waals surface area contributed by atoms with Gasteiger partial charge in [0.05, 0.1) is 0 Å². The van der Waals surface area contributed by atoms with Gasteiger partial charge in [-0.15, -0.1) is 5.73 Å². The van der Waals surface area contributed by atoms with E-state index in [1.54, 1.807) is 0 Å². The van der Waals surface area contributed by atoms with Gasteiger partial charge in [0, 0.05) is 24.5 Å². The molecule has 0 N–H and O–H groups in total. The highest BCUT2D eigenvalue weighted by Gasteiger charge is 2.03. The van der Waals surface area contributed by atoms with E-state index in [4.69, 9.17) is 0 Å². The summed E-state index contributed by atoms with van der Waals surface area (Å²) in [5, 5.41) is 0. The quantitative estimate of drug-likeness (QED) is 0.503. The van der Waals surface area contributed by atoms with Gasteiger partial charge in [-0.25, -0.2) is 0 Å². The molecule has 11 heavy (non-hydrogen) atoms. The van der Waals surface area contributed by atoms with Crippen molar-refractivity contribution in [3.63, 3.8) is 0 Å². The van der Waals surface area contributed by atoms with Crippen molar-refractivity contribution in [2.75, 3.05) is 11.9 Å². The Morgan fingerprint density at radius 3 is 2.91 bits per heavy atom. The van der Waals surface area contributed by atoms with Gasteiger partial charge in [-0.1, -0.05) is 18.2 Å². The summed E-state index contributed by atoms with van der Waals surface area (Å²) in [7, 11) is 2.03. The minimum Gasteiger partial charge on any atom is -0.344 e. The van der Waals surface area contributed by atoms with Gasteiger partial charge in [0.25, 0.3) is 0 Å². The van der Waals surface area contributed by atoms with Crippen LogP contribution >= 0.6 is 0 Å². The number of rotatable bonds is 0. The van der Waals surface area contributed by atoms with E-state index in [-0.39, 0.29) is 0 Å². The number of fused-ring (bicyclic) bond motifs is 1. The summed E-state index contributed by atoms with van der Waals surface area (Å²) in [6, 6.07) is 8.27. The highest BCUT2D eigenvalue weighted by molar-refractivity contribution is 5.70. The normalized spacial score (nSPS) is 13.4. The van der Waals surface area contributed by atoms with Crippen LogP contribution in [0.25, 0.3) is 6.08 Å². The molecule has 0 saturated heterocycles. The number of anilines is 1. The van der Waals surface area contributed by atoms with E-state index in [2.05, 4.69) is 22.8 Å². The Bertz CT molecular complexity index is 332. The van der Waals surface area contributed by atoms with Crippen LogP contribution in [0, 0.1) is 0 Å². The van der Waals surface area contributed by atoms with Crippen molar-refractivity contribution in [2.24, 2.45) is 0 Å². The Labute approximate surface area is 66.3 Å². The van der Waals surface area contributed by atoms with Crippen LogP contribution in [0.15, 0.2) is 36.2 Å². The van der Waals surface area contributed by atoms with Crippen molar-refractivity contribution < 1.29 is 0 Å². The lowest BCUT2D eigenvalue weighted by Gasteiger charge is -2.17. The minimum absolute atomic E-state index is 1.23. The monoisotopic (exact) mass is 143 g/mol. The second kappa shape index (κ2) is 2.30. The summed E-state index contributed by atoms with van der Waals surface area (Å²) < 4.78 is 0. The van der Waals surface area contributed by atoms with E-state index in [1.165, 1.54) is 11.3 Å². The van der Waals surface area contributed by atoms with Gasteiger partial charge in [0.15, 0.2) is 0 Å². The molecule has 2 rings (SSSR count). The van der Waals surface area contributed by atoms with Gasteiger partial charge in [-0.05, 0) is 12.1 Å². The SMILES string of the molecule is CN1C=C=Cc2ccccc21. The first-order chi connectivity index (χ1) is 5.38. The minimum atomic E-state index is 1.23. The lowest BCUT2D eigenvalue weighted by atomic mass is 10.1. The molecule has 0 aromatic heterocycles. The Balaban J connectivity index is 2.64. The average Bonchev–Trinajstić information content (AvgIpc) is 2.06. The Morgan fingerprint density at radius 1 is 1.27 bits per heavy atom. The van der Waals surface area contributed by atoms with Crippen LogP contribution in [-0.2, 0) is 0 Å². The van der Waals surface area contributed by atoms with Crippen LogP contribution in [0.2, 0.25) is 0 Å². The first-order valence-electron chi connectivity index (χ1n) is 3.62. The summed E-state index contributed by atoms with van der Waals surface area (Å²) in [6.07, 6.45) is 3.93. The van der Waals surface area contributed by atoms with E-state index in [1.807, 2.05) is 31.5 Å². The molecular weight excluding hydrogens is 134 g/mol. The third-order valence-electron chi connectivity index (χ3n) is 1.82. The molecule has 1 heteroatoms. The van der Waals surface area contributed by atoms with Gasteiger partial charge in [-0.3, -0.25) is 0 Å². The molecule has 1 nitrogen and oxygen atoms in total. The van der Waals surface area contributed by atoms with Crippen molar-refractivity contribution in [3.05, 3.63) is 41.8 Å². The highest BCUT2D eigenvalue weighted by Crippen LogP contribution is 2.22. The van der Waals surface area contributed by atoms with E-state index in [0.717, 1.165) is 0 Å². The average molecular weight is 143 g/mol. The fourth-order valence-corrected chi connectivity index (χ4v) is 1.24. The van der Waals surface area contributed by atoms with Crippen LogP contribution in [-0.4, -0.2) is 7.05 Å².